The number of hydrogen-bond donors (Lipinski definition) is 3. The van der Waals surface area contributed by atoms with Gasteiger partial charge in [-0.25, -0.2) is 4.79 Å². The quantitative estimate of drug-likeness (QED) is 0.228. The van der Waals surface area contributed by atoms with E-state index in [0.29, 0.717) is 12.1 Å². The SMILES string of the molecule is CC(=O)OC[C@@]12[C@H](OCc3ccc(N)cc3)C[C@@H]3C[C@]1(OC3(C)C)[C@@](C)(O)[C@@H](O)[C@H](OC(=O)c1ccccc1)[C@@H]2OC(C)=O. The normalized spacial score (nSPS) is 35.3. The van der Waals surface area contributed by atoms with Crippen molar-refractivity contribution < 1.29 is 48.3 Å². The van der Waals surface area contributed by atoms with Gasteiger partial charge in [0.15, 0.2) is 12.2 Å². The molecule has 3 fully saturated rings. The summed E-state index contributed by atoms with van der Waals surface area (Å²) in [7, 11) is 0. The van der Waals surface area contributed by atoms with Crippen LogP contribution in [-0.4, -0.2) is 75.9 Å². The van der Waals surface area contributed by atoms with Crippen LogP contribution in [0.3, 0.4) is 0 Å². The third-order valence-corrected chi connectivity index (χ3v) is 9.78. The summed E-state index contributed by atoms with van der Waals surface area (Å²) in [5.41, 5.74) is 1.23. The molecule has 3 aliphatic rings. The number of carbonyl (C=O) groups excluding carboxylic acids is 3. The Morgan fingerprint density at radius 2 is 1.64 bits per heavy atom. The maximum atomic E-state index is 13.4. The monoisotopic (exact) mass is 611 g/mol. The van der Waals surface area contributed by atoms with Gasteiger partial charge in [0, 0.05) is 19.5 Å². The second kappa shape index (κ2) is 11.4. The fourth-order valence-electron chi connectivity index (χ4n) is 7.54. The Kier molecular flexibility index (Phi) is 8.30. The van der Waals surface area contributed by atoms with Crippen LogP contribution >= 0.6 is 0 Å². The van der Waals surface area contributed by atoms with E-state index in [1.807, 2.05) is 26.0 Å². The molecule has 0 amide bonds. The molecule has 1 saturated heterocycles. The molecule has 1 spiro atoms. The van der Waals surface area contributed by atoms with Gasteiger partial charge in [0.2, 0.25) is 0 Å². The fraction of sp³-hybridized carbons (Fsp3) is 0.545. The maximum absolute atomic E-state index is 13.4. The molecule has 1 aliphatic heterocycles. The first-order valence-corrected chi connectivity index (χ1v) is 14.8. The summed E-state index contributed by atoms with van der Waals surface area (Å²) in [6.45, 7) is 7.29. The maximum Gasteiger partial charge on any atom is 0.338 e. The van der Waals surface area contributed by atoms with Crippen LogP contribution in [0.1, 0.15) is 63.4 Å². The van der Waals surface area contributed by atoms with Gasteiger partial charge in [0.1, 0.15) is 29.3 Å². The summed E-state index contributed by atoms with van der Waals surface area (Å²) in [4.78, 5) is 38.6. The first-order chi connectivity index (χ1) is 20.6. The number of benzene rings is 2. The number of rotatable bonds is 8. The van der Waals surface area contributed by atoms with E-state index >= 15 is 0 Å². The van der Waals surface area contributed by atoms with Gasteiger partial charge in [0.05, 0.1) is 23.9 Å². The molecule has 2 saturated carbocycles. The van der Waals surface area contributed by atoms with Crippen molar-refractivity contribution in [3.8, 4) is 0 Å². The summed E-state index contributed by atoms with van der Waals surface area (Å²) in [6, 6.07) is 15.2. The lowest BCUT2D eigenvalue weighted by molar-refractivity contribution is -0.365. The van der Waals surface area contributed by atoms with Crippen molar-refractivity contribution in [2.45, 2.75) is 95.3 Å². The summed E-state index contributed by atoms with van der Waals surface area (Å²) >= 11 is 0. The van der Waals surface area contributed by atoms with Crippen molar-refractivity contribution in [1.82, 2.24) is 0 Å². The van der Waals surface area contributed by atoms with Crippen LogP contribution in [0.15, 0.2) is 54.6 Å². The first kappa shape index (κ1) is 31.9. The minimum Gasteiger partial charge on any atom is -0.465 e. The topological polar surface area (TPSA) is 164 Å². The van der Waals surface area contributed by atoms with Crippen molar-refractivity contribution in [2.24, 2.45) is 11.3 Å². The Morgan fingerprint density at radius 1 is 0.977 bits per heavy atom. The number of esters is 3. The predicted molar refractivity (Wildman–Crippen MR) is 157 cm³/mol. The molecule has 5 rings (SSSR count). The standard InChI is InChI=1S/C33H41NO10/c1-19(35)41-18-32-25(40-17-21-11-13-24(34)14-12-21)15-23-16-33(32,44-30(23,3)4)31(5,39)27(37)26(28(32)42-20(2)36)43-29(38)22-9-7-6-8-10-22/h6-14,23,25-28,37,39H,15-18,34H2,1-5H3/t23-,25-,26+,27+,28+,31+,32+,33+/m1/s1. The Hall–Kier alpha value is -3.51. The van der Waals surface area contributed by atoms with E-state index < -0.39 is 71.1 Å². The van der Waals surface area contributed by atoms with E-state index in [4.69, 9.17) is 29.4 Å². The summed E-state index contributed by atoms with van der Waals surface area (Å²) in [5, 5.41) is 24.3. The molecule has 0 unspecified atom stereocenters. The van der Waals surface area contributed by atoms with Crippen molar-refractivity contribution in [2.75, 3.05) is 12.3 Å². The third kappa shape index (κ3) is 5.15. The van der Waals surface area contributed by atoms with Crippen LogP contribution < -0.4 is 5.73 Å². The molecule has 0 radical (unpaired) electrons. The van der Waals surface area contributed by atoms with Gasteiger partial charge in [0.25, 0.3) is 0 Å². The van der Waals surface area contributed by atoms with E-state index in [9.17, 15) is 24.6 Å². The molecule has 44 heavy (non-hydrogen) atoms. The molecule has 4 N–H and O–H groups in total. The number of carbonyl (C=O) groups is 3. The van der Waals surface area contributed by atoms with E-state index in [1.54, 1.807) is 42.5 Å². The minimum atomic E-state index is -2.10. The van der Waals surface area contributed by atoms with Gasteiger partial charge in [-0.15, -0.1) is 0 Å². The first-order valence-electron chi connectivity index (χ1n) is 14.8. The van der Waals surface area contributed by atoms with Crippen LogP contribution in [0.5, 0.6) is 0 Å². The lowest BCUT2D eigenvalue weighted by Gasteiger charge is -2.66. The number of hydrogen-bond acceptors (Lipinski definition) is 11. The van der Waals surface area contributed by atoms with Gasteiger partial charge in [-0.1, -0.05) is 30.3 Å². The molecule has 2 aliphatic carbocycles. The van der Waals surface area contributed by atoms with Crippen molar-refractivity contribution in [3.63, 3.8) is 0 Å². The Labute approximate surface area is 256 Å². The van der Waals surface area contributed by atoms with Gasteiger partial charge in [-0.2, -0.15) is 0 Å². The largest absolute Gasteiger partial charge is 0.465 e. The zero-order chi connectivity index (χ0) is 32.1. The average molecular weight is 612 g/mol. The zero-order valence-electron chi connectivity index (χ0n) is 25.6. The molecule has 0 aromatic heterocycles. The van der Waals surface area contributed by atoms with Gasteiger partial charge in [-0.05, 0) is 69.4 Å². The van der Waals surface area contributed by atoms with Crippen molar-refractivity contribution in [3.05, 3.63) is 65.7 Å². The van der Waals surface area contributed by atoms with Crippen LogP contribution in [-0.2, 0) is 39.9 Å². The van der Waals surface area contributed by atoms with E-state index in [2.05, 4.69) is 0 Å². The molecule has 11 heteroatoms. The summed E-state index contributed by atoms with van der Waals surface area (Å²) in [5.74, 6) is -2.33. The third-order valence-electron chi connectivity index (χ3n) is 9.78. The predicted octanol–water partition coefficient (Wildman–Crippen LogP) is 2.94. The Bertz CT molecular complexity index is 1390. The van der Waals surface area contributed by atoms with E-state index in [0.717, 1.165) is 5.56 Å². The highest BCUT2D eigenvalue weighted by molar-refractivity contribution is 5.89. The van der Waals surface area contributed by atoms with Gasteiger partial charge >= 0.3 is 17.9 Å². The molecule has 238 valence electrons. The summed E-state index contributed by atoms with van der Waals surface area (Å²) in [6.07, 6.45) is -5.07. The second-order valence-electron chi connectivity index (χ2n) is 12.9. The van der Waals surface area contributed by atoms with Crippen LogP contribution in [0.4, 0.5) is 5.69 Å². The molecular weight excluding hydrogens is 570 g/mol. The van der Waals surface area contributed by atoms with Crippen molar-refractivity contribution in [1.29, 1.82) is 0 Å². The minimum absolute atomic E-state index is 0.0992. The number of fused-ring (bicyclic) bond motifs is 1. The Morgan fingerprint density at radius 3 is 2.25 bits per heavy atom. The number of nitrogens with two attached hydrogens (primary N) is 1. The molecule has 2 aromatic carbocycles. The average Bonchev–Trinajstić information content (AvgIpc) is 3.21. The molecular formula is C33H41NO10. The highest BCUT2D eigenvalue weighted by atomic mass is 16.6. The number of aliphatic hydroxyl groups is 2. The number of aliphatic hydroxyl groups excluding tert-OH is 1. The van der Waals surface area contributed by atoms with Crippen molar-refractivity contribution >= 4 is 23.6 Å². The molecule has 1 heterocycles. The lowest BCUT2D eigenvalue weighted by atomic mass is 9.46. The van der Waals surface area contributed by atoms with Crippen LogP contribution in [0.2, 0.25) is 0 Å². The fourth-order valence-corrected chi connectivity index (χ4v) is 7.54. The molecule has 2 aromatic rings. The van der Waals surface area contributed by atoms with Gasteiger partial charge < -0.3 is 39.6 Å². The van der Waals surface area contributed by atoms with Crippen LogP contribution in [0, 0.1) is 11.3 Å². The molecule has 2 bridgehead atoms. The highest BCUT2D eigenvalue weighted by Gasteiger charge is 2.83. The van der Waals surface area contributed by atoms with E-state index in [1.165, 1.54) is 20.8 Å². The zero-order valence-corrected chi connectivity index (χ0v) is 25.6. The van der Waals surface area contributed by atoms with Gasteiger partial charge in [-0.3, -0.25) is 9.59 Å². The molecule has 8 atom stereocenters. The highest BCUT2D eigenvalue weighted by Crippen LogP contribution is 2.68. The lowest BCUT2D eigenvalue weighted by Crippen LogP contribution is -2.84. The summed E-state index contributed by atoms with van der Waals surface area (Å²) < 4.78 is 31.0. The van der Waals surface area contributed by atoms with E-state index in [-0.39, 0.29) is 24.5 Å². The molecule has 11 nitrogen and oxygen atoms in total. The number of nitrogen functional groups attached to an aromatic ring is 1. The number of anilines is 1. The smallest absolute Gasteiger partial charge is 0.338 e. The second-order valence-corrected chi connectivity index (χ2v) is 12.9. The number of ether oxygens (including phenoxy) is 5. The van der Waals surface area contributed by atoms with Crippen LogP contribution in [0.25, 0.3) is 0 Å². The Balaban J connectivity index is 1.69.